The number of nitrogens with two attached hydrogens (primary N) is 1. The van der Waals surface area contributed by atoms with Gasteiger partial charge in [-0.25, -0.2) is 0 Å². The molecular weight excluding hydrogens is 238 g/mol. The number of ether oxygens (including phenoxy) is 2. The Bertz CT molecular complexity index is 448. The first-order valence-electron chi connectivity index (χ1n) is 7.33. The van der Waals surface area contributed by atoms with Gasteiger partial charge in [-0.3, -0.25) is 0 Å². The molecule has 104 valence electrons. The third-order valence-corrected chi connectivity index (χ3v) is 4.60. The lowest BCUT2D eigenvalue weighted by Gasteiger charge is -2.23. The molecule has 0 unspecified atom stereocenters. The lowest BCUT2D eigenvalue weighted by atomic mass is 9.94. The van der Waals surface area contributed by atoms with E-state index in [9.17, 15) is 0 Å². The Morgan fingerprint density at radius 1 is 1.26 bits per heavy atom. The second-order valence-electron chi connectivity index (χ2n) is 5.85. The molecule has 3 nitrogen and oxygen atoms in total. The smallest absolute Gasteiger partial charge is 0.165 e. The highest BCUT2D eigenvalue weighted by molar-refractivity contribution is 5.52. The summed E-state index contributed by atoms with van der Waals surface area (Å²) in [6.45, 7) is 0.696. The minimum Gasteiger partial charge on any atom is -0.493 e. The van der Waals surface area contributed by atoms with E-state index in [-0.39, 0.29) is 5.41 Å². The van der Waals surface area contributed by atoms with Gasteiger partial charge in [-0.1, -0.05) is 12.1 Å². The minimum atomic E-state index is 0.141. The summed E-state index contributed by atoms with van der Waals surface area (Å²) in [6, 6.07) is 6.19. The van der Waals surface area contributed by atoms with E-state index in [0.29, 0.717) is 12.6 Å². The molecule has 0 bridgehead atoms. The van der Waals surface area contributed by atoms with E-state index in [1.807, 2.05) is 12.1 Å². The lowest BCUT2D eigenvalue weighted by molar-refractivity contribution is 0.197. The molecule has 2 N–H and O–H groups in total. The van der Waals surface area contributed by atoms with Gasteiger partial charge in [0.25, 0.3) is 0 Å². The van der Waals surface area contributed by atoms with Gasteiger partial charge in [0.15, 0.2) is 11.5 Å². The van der Waals surface area contributed by atoms with E-state index in [1.165, 1.54) is 18.4 Å². The monoisotopic (exact) mass is 261 g/mol. The van der Waals surface area contributed by atoms with Gasteiger partial charge in [-0.15, -0.1) is 0 Å². The van der Waals surface area contributed by atoms with Crippen molar-refractivity contribution >= 4 is 0 Å². The van der Waals surface area contributed by atoms with Crippen LogP contribution in [-0.2, 0) is 5.41 Å². The first-order valence-corrected chi connectivity index (χ1v) is 7.33. The number of para-hydroxylation sites is 1. The first kappa shape index (κ1) is 12.8. The fraction of sp³-hybridized carbons (Fsp3) is 0.625. The van der Waals surface area contributed by atoms with Gasteiger partial charge in [0, 0.05) is 17.5 Å². The van der Waals surface area contributed by atoms with Gasteiger partial charge in [-0.05, 0) is 44.6 Å². The van der Waals surface area contributed by atoms with Crippen LogP contribution in [0.15, 0.2) is 18.2 Å². The van der Waals surface area contributed by atoms with Gasteiger partial charge >= 0.3 is 0 Å². The normalized spacial score (nSPS) is 21.4. The van der Waals surface area contributed by atoms with Crippen LogP contribution in [0, 0.1) is 0 Å². The Balaban J connectivity index is 1.94. The van der Waals surface area contributed by atoms with Gasteiger partial charge < -0.3 is 15.2 Å². The average molecular weight is 261 g/mol. The van der Waals surface area contributed by atoms with E-state index in [4.69, 9.17) is 15.2 Å². The Hall–Kier alpha value is -1.22. The number of hydrogen-bond acceptors (Lipinski definition) is 3. The van der Waals surface area contributed by atoms with Gasteiger partial charge in [0.1, 0.15) is 0 Å². The summed E-state index contributed by atoms with van der Waals surface area (Å²) in [6.07, 6.45) is 7.55. The highest BCUT2D eigenvalue weighted by Gasteiger charge is 2.45. The molecule has 0 atom stereocenters. The molecule has 0 aromatic heterocycles. The van der Waals surface area contributed by atoms with E-state index in [2.05, 4.69) is 6.07 Å². The summed E-state index contributed by atoms with van der Waals surface area (Å²) in [5.74, 6) is 1.80. The third kappa shape index (κ3) is 2.32. The molecule has 2 saturated carbocycles. The fourth-order valence-corrected chi connectivity index (χ4v) is 3.12. The molecule has 2 aliphatic carbocycles. The average Bonchev–Trinajstić information content (AvgIpc) is 3.08. The van der Waals surface area contributed by atoms with Gasteiger partial charge in [-0.2, -0.15) is 0 Å². The maximum atomic E-state index is 6.28. The van der Waals surface area contributed by atoms with Crippen molar-refractivity contribution in [1.29, 1.82) is 0 Å². The summed E-state index contributed by atoms with van der Waals surface area (Å²) in [5.41, 5.74) is 7.37. The van der Waals surface area contributed by atoms with Crippen molar-refractivity contribution in [3.8, 4) is 11.5 Å². The van der Waals surface area contributed by atoms with Crippen LogP contribution in [0.25, 0.3) is 0 Å². The minimum absolute atomic E-state index is 0.141. The van der Waals surface area contributed by atoms with Gasteiger partial charge in [0.05, 0.1) is 13.2 Å². The molecule has 0 saturated heterocycles. The van der Waals surface area contributed by atoms with Crippen LogP contribution in [0.5, 0.6) is 11.5 Å². The molecule has 0 spiro atoms. The van der Waals surface area contributed by atoms with Crippen molar-refractivity contribution in [3.05, 3.63) is 23.8 Å². The number of benzene rings is 1. The molecule has 3 heteroatoms. The zero-order valence-electron chi connectivity index (χ0n) is 11.7. The molecule has 0 heterocycles. The molecule has 1 aromatic rings. The van der Waals surface area contributed by atoms with Crippen molar-refractivity contribution in [2.24, 2.45) is 5.73 Å². The molecule has 2 aliphatic rings. The van der Waals surface area contributed by atoms with E-state index in [1.54, 1.807) is 7.11 Å². The number of rotatable bonds is 5. The Morgan fingerprint density at radius 2 is 2.00 bits per heavy atom. The van der Waals surface area contributed by atoms with Crippen molar-refractivity contribution in [2.75, 3.05) is 13.7 Å². The van der Waals surface area contributed by atoms with Crippen LogP contribution in [0.2, 0.25) is 0 Å². The van der Waals surface area contributed by atoms with Crippen molar-refractivity contribution in [2.45, 2.75) is 50.0 Å². The second kappa shape index (κ2) is 5.04. The molecule has 19 heavy (non-hydrogen) atoms. The van der Waals surface area contributed by atoms with Gasteiger partial charge in [0.2, 0.25) is 0 Å². The fourth-order valence-electron chi connectivity index (χ4n) is 3.12. The maximum Gasteiger partial charge on any atom is 0.165 e. The van der Waals surface area contributed by atoms with Crippen LogP contribution < -0.4 is 15.2 Å². The SMILES string of the molecule is COc1cccc(C2(CN)CC2)c1OC1CCCC1. The summed E-state index contributed by atoms with van der Waals surface area (Å²) in [4.78, 5) is 0. The number of hydrogen-bond donors (Lipinski definition) is 1. The van der Waals surface area contributed by atoms with Crippen LogP contribution in [0.4, 0.5) is 0 Å². The Kier molecular flexibility index (Phi) is 3.40. The summed E-state index contributed by atoms with van der Waals surface area (Å²) >= 11 is 0. The zero-order valence-corrected chi connectivity index (χ0v) is 11.7. The molecule has 0 amide bonds. The highest BCUT2D eigenvalue weighted by Crippen LogP contribution is 2.53. The summed E-state index contributed by atoms with van der Waals surface area (Å²) in [5, 5.41) is 0. The largest absolute Gasteiger partial charge is 0.493 e. The second-order valence-corrected chi connectivity index (χ2v) is 5.85. The van der Waals surface area contributed by atoms with Crippen LogP contribution >= 0.6 is 0 Å². The Labute approximate surface area is 115 Å². The van der Waals surface area contributed by atoms with Crippen molar-refractivity contribution < 1.29 is 9.47 Å². The van der Waals surface area contributed by atoms with E-state index in [0.717, 1.165) is 37.2 Å². The topological polar surface area (TPSA) is 44.5 Å². The predicted molar refractivity (Wildman–Crippen MR) is 75.8 cm³/mol. The summed E-state index contributed by atoms with van der Waals surface area (Å²) in [7, 11) is 1.71. The van der Waals surface area contributed by atoms with E-state index >= 15 is 0 Å². The highest BCUT2D eigenvalue weighted by atomic mass is 16.5. The first-order chi connectivity index (χ1) is 9.29. The standard InChI is InChI=1S/C16H23NO2/c1-18-14-8-4-7-13(16(11-17)9-10-16)15(14)19-12-5-2-3-6-12/h4,7-8,12H,2-3,5-6,9-11,17H2,1H3. The van der Waals surface area contributed by atoms with E-state index < -0.39 is 0 Å². The molecule has 0 radical (unpaired) electrons. The van der Waals surface area contributed by atoms with Crippen LogP contribution in [0.1, 0.15) is 44.1 Å². The molecule has 0 aliphatic heterocycles. The van der Waals surface area contributed by atoms with Crippen molar-refractivity contribution in [3.63, 3.8) is 0 Å². The molecule has 3 rings (SSSR count). The lowest BCUT2D eigenvalue weighted by Crippen LogP contribution is -2.22. The number of methoxy groups -OCH3 is 1. The summed E-state index contributed by atoms with van der Waals surface area (Å²) < 4.78 is 11.8. The Morgan fingerprint density at radius 3 is 2.58 bits per heavy atom. The molecule has 1 aromatic carbocycles. The van der Waals surface area contributed by atoms with Crippen molar-refractivity contribution in [1.82, 2.24) is 0 Å². The quantitative estimate of drug-likeness (QED) is 0.886. The predicted octanol–water partition coefficient (Wildman–Crippen LogP) is 3.01. The van der Waals surface area contributed by atoms with Crippen LogP contribution in [-0.4, -0.2) is 19.8 Å². The van der Waals surface area contributed by atoms with Crippen LogP contribution in [0.3, 0.4) is 0 Å². The third-order valence-electron chi connectivity index (χ3n) is 4.60. The molecule has 2 fully saturated rings. The molecular formula is C16H23NO2. The zero-order chi connectivity index (χ0) is 13.3. The maximum absolute atomic E-state index is 6.28.